The highest BCUT2D eigenvalue weighted by atomic mass is 16.5. The van der Waals surface area contributed by atoms with Gasteiger partial charge in [0.2, 0.25) is 0 Å². The Kier molecular flexibility index (Phi) is 4.31. The summed E-state index contributed by atoms with van der Waals surface area (Å²) in [5.74, 6) is 3.08. The van der Waals surface area contributed by atoms with Crippen molar-refractivity contribution in [2.45, 2.75) is 33.2 Å². The number of aromatic nitrogens is 2. The van der Waals surface area contributed by atoms with Gasteiger partial charge in [-0.05, 0) is 39.8 Å². The molecule has 0 spiro atoms. The van der Waals surface area contributed by atoms with Crippen molar-refractivity contribution < 1.29 is 4.74 Å². The maximum absolute atomic E-state index is 5.22. The molecule has 1 heterocycles. The first-order valence-corrected chi connectivity index (χ1v) is 6.91. The molecule has 0 unspecified atom stereocenters. The van der Waals surface area contributed by atoms with Crippen molar-refractivity contribution in [3.63, 3.8) is 0 Å². The van der Waals surface area contributed by atoms with E-state index < -0.39 is 0 Å². The smallest absolute Gasteiger partial charge is 0.136 e. The van der Waals surface area contributed by atoms with Crippen LogP contribution in [0.15, 0.2) is 30.3 Å². The minimum atomic E-state index is -0.0476. The molecule has 1 aromatic carbocycles. The van der Waals surface area contributed by atoms with Crippen LogP contribution < -0.4 is 15.4 Å². The fourth-order valence-electron chi connectivity index (χ4n) is 1.93. The second-order valence-electron chi connectivity index (χ2n) is 5.92. The second kappa shape index (κ2) is 5.99. The minimum absolute atomic E-state index is 0.0476. The number of ether oxygens (including phenoxy) is 1. The molecule has 0 saturated carbocycles. The molecule has 21 heavy (non-hydrogen) atoms. The molecule has 0 amide bonds. The third-order valence-corrected chi connectivity index (χ3v) is 2.68. The van der Waals surface area contributed by atoms with Crippen LogP contribution in [-0.4, -0.2) is 22.6 Å². The average Bonchev–Trinajstić information content (AvgIpc) is 2.36. The van der Waals surface area contributed by atoms with Crippen LogP contribution in [0.1, 0.15) is 26.6 Å². The van der Waals surface area contributed by atoms with Crippen LogP contribution in [0.2, 0.25) is 0 Å². The fraction of sp³-hybridized carbons (Fsp3) is 0.375. The topological polar surface area (TPSA) is 59.1 Å². The number of hydrogen-bond acceptors (Lipinski definition) is 5. The molecule has 0 fully saturated rings. The van der Waals surface area contributed by atoms with Crippen LogP contribution in [0.25, 0.3) is 0 Å². The normalized spacial score (nSPS) is 11.1. The van der Waals surface area contributed by atoms with Crippen molar-refractivity contribution >= 4 is 17.3 Å². The van der Waals surface area contributed by atoms with Gasteiger partial charge in [-0.3, -0.25) is 0 Å². The third-order valence-electron chi connectivity index (χ3n) is 2.68. The van der Waals surface area contributed by atoms with E-state index in [2.05, 4.69) is 41.4 Å². The SMILES string of the molecule is COc1cccc(Nc2cc(NC(C)(C)C)nc(C)n2)c1. The van der Waals surface area contributed by atoms with Gasteiger partial charge in [0.1, 0.15) is 23.2 Å². The molecular formula is C16H22N4O. The monoisotopic (exact) mass is 286 g/mol. The molecular weight excluding hydrogens is 264 g/mol. The van der Waals surface area contributed by atoms with E-state index in [1.165, 1.54) is 0 Å². The van der Waals surface area contributed by atoms with Gasteiger partial charge < -0.3 is 15.4 Å². The predicted octanol–water partition coefficient (Wildman–Crippen LogP) is 3.75. The molecule has 0 saturated heterocycles. The Hall–Kier alpha value is -2.30. The number of hydrogen-bond donors (Lipinski definition) is 2. The van der Waals surface area contributed by atoms with Crippen molar-refractivity contribution in [1.29, 1.82) is 0 Å². The first-order valence-electron chi connectivity index (χ1n) is 6.91. The maximum atomic E-state index is 5.22. The van der Waals surface area contributed by atoms with Gasteiger partial charge in [-0.25, -0.2) is 9.97 Å². The Morgan fingerprint density at radius 1 is 1.05 bits per heavy atom. The van der Waals surface area contributed by atoms with E-state index in [4.69, 9.17) is 4.74 Å². The summed E-state index contributed by atoms with van der Waals surface area (Å²) in [5.41, 5.74) is 0.878. The lowest BCUT2D eigenvalue weighted by atomic mass is 10.1. The van der Waals surface area contributed by atoms with Gasteiger partial charge >= 0.3 is 0 Å². The second-order valence-corrected chi connectivity index (χ2v) is 5.92. The largest absolute Gasteiger partial charge is 0.497 e. The van der Waals surface area contributed by atoms with Crippen molar-refractivity contribution in [2.24, 2.45) is 0 Å². The zero-order chi connectivity index (χ0) is 15.5. The van der Waals surface area contributed by atoms with Crippen LogP contribution in [0.4, 0.5) is 17.3 Å². The Balaban J connectivity index is 2.23. The van der Waals surface area contributed by atoms with Crippen LogP contribution in [-0.2, 0) is 0 Å². The quantitative estimate of drug-likeness (QED) is 0.896. The minimum Gasteiger partial charge on any atom is -0.497 e. The molecule has 0 bridgehead atoms. The maximum Gasteiger partial charge on any atom is 0.136 e. The lowest BCUT2D eigenvalue weighted by Crippen LogP contribution is -2.26. The van der Waals surface area contributed by atoms with E-state index in [-0.39, 0.29) is 5.54 Å². The first-order chi connectivity index (χ1) is 9.85. The summed E-state index contributed by atoms with van der Waals surface area (Å²) in [4.78, 5) is 8.82. The van der Waals surface area contributed by atoms with Crippen LogP contribution >= 0.6 is 0 Å². The lowest BCUT2D eigenvalue weighted by molar-refractivity contribution is 0.415. The van der Waals surface area contributed by atoms with Crippen LogP contribution in [0, 0.1) is 6.92 Å². The van der Waals surface area contributed by atoms with E-state index in [0.717, 1.165) is 28.9 Å². The van der Waals surface area contributed by atoms with E-state index in [0.29, 0.717) is 0 Å². The standard InChI is InChI=1S/C16H22N4O/c1-11-17-14(10-15(18-11)20-16(2,3)4)19-12-7-6-8-13(9-12)21-5/h6-10H,1-5H3,(H2,17,18,19,20). The summed E-state index contributed by atoms with van der Waals surface area (Å²) in [7, 11) is 1.65. The third kappa shape index (κ3) is 4.63. The summed E-state index contributed by atoms with van der Waals surface area (Å²) in [6.45, 7) is 8.17. The molecule has 0 atom stereocenters. The number of benzene rings is 1. The summed E-state index contributed by atoms with van der Waals surface area (Å²) < 4.78 is 5.22. The molecule has 0 aliphatic carbocycles. The van der Waals surface area contributed by atoms with Crippen molar-refractivity contribution in [3.8, 4) is 5.75 Å². The van der Waals surface area contributed by atoms with Gasteiger partial charge in [-0.15, -0.1) is 0 Å². The molecule has 1 aromatic heterocycles. The van der Waals surface area contributed by atoms with Crippen LogP contribution in [0.5, 0.6) is 5.75 Å². The van der Waals surface area contributed by atoms with E-state index in [1.54, 1.807) is 7.11 Å². The summed E-state index contributed by atoms with van der Waals surface area (Å²) in [6, 6.07) is 9.63. The van der Waals surface area contributed by atoms with Gasteiger partial charge in [-0.2, -0.15) is 0 Å². The highest BCUT2D eigenvalue weighted by Gasteiger charge is 2.11. The van der Waals surface area contributed by atoms with Gasteiger partial charge in [0.25, 0.3) is 0 Å². The van der Waals surface area contributed by atoms with Gasteiger partial charge in [0.05, 0.1) is 7.11 Å². The molecule has 5 heteroatoms. The summed E-state index contributed by atoms with van der Waals surface area (Å²) >= 11 is 0. The molecule has 2 rings (SSSR count). The molecule has 0 aliphatic rings. The van der Waals surface area contributed by atoms with E-state index >= 15 is 0 Å². The highest BCUT2D eigenvalue weighted by molar-refractivity contribution is 5.61. The fourth-order valence-corrected chi connectivity index (χ4v) is 1.93. The van der Waals surface area contributed by atoms with Crippen molar-refractivity contribution in [3.05, 3.63) is 36.2 Å². The number of nitrogens with zero attached hydrogens (tertiary/aromatic N) is 2. The molecule has 0 aliphatic heterocycles. The first kappa shape index (κ1) is 15.1. The van der Waals surface area contributed by atoms with E-state index in [9.17, 15) is 0 Å². The molecule has 5 nitrogen and oxygen atoms in total. The van der Waals surface area contributed by atoms with Crippen LogP contribution in [0.3, 0.4) is 0 Å². The Morgan fingerprint density at radius 3 is 2.43 bits per heavy atom. The number of nitrogens with one attached hydrogen (secondary N) is 2. The van der Waals surface area contributed by atoms with Gasteiger partial charge in [0, 0.05) is 23.4 Å². The Bertz CT molecular complexity index is 620. The predicted molar refractivity (Wildman–Crippen MR) is 86.4 cm³/mol. The zero-order valence-corrected chi connectivity index (χ0v) is 13.2. The molecule has 2 N–H and O–H groups in total. The Morgan fingerprint density at radius 2 is 1.76 bits per heavy atom. The van der Waals surface area contributed by atoms with Crippen molar-refractivity contribution in [1.82, 2.24) is 9.97 Å². The lowest BCUT2D eigenvalue weighted by Gasteiger charge is -2.21. The summed E-state index contributed by atoms with van der Waals surface area (Å²) in [6.07, 6.45) is 0. The molecule has 0 radical (unpaired) electrons. The Labute approximate surface area is 125 Å². The number of aryl methyl sites for hydroxylation is 1. The van der Waals surface area contributed by atoms with Gasteiger partial charge in [-0.1, -0.05) is 6.07 Å². The molecule has 112 valence electrons. The number of methoxy groups -OCH3 is 1. The number of anilines is 3. The van der Waals surface area contributed by atoms with E-state index in [1.807, 2.05) is 37.3 Å². The number of rotatable bonds is 4. The highest BCUT2D eigenvalue weighted by Crippen LogP contribution is 2.22. The zero-order valence-electron chi connectivity index (χ0n) is 13.2. The average molecular weight is 286 g/mol. The molecule has 2 aromatic rings. The van der Waals surface area contributed by atoms with Gasteiger partial charge in [0.15, 0.2) is 0 Å². The van der Waals surface area contributed by atoms with Crippen molar-refractivity contribution in [2.75, 3.05) is 17.7 Å². The summed E-state index contributed by atoms with van der Waals surface area (Å²) in [5, 5.41) is 6.63.